The molecule has 2 saturated heterocycles. The van der Waals surface area contributed by atoms with E-state index >= 15 is 0 Å². The van der Waals surface area contributed by atoms with Gasteiger partial charge in [0.05, 0.1) is 37.2 Å². The van der Waals surface area contributed by atoms with Gasteiger partial charge in [-0.25, -0.2) is 4.98 Å². The molecule has 0 aromatic carbocycles. The van der Waals surface area contributed by atoms with E-state index in [2.05, 4.69) is 54.4 Å². The number of amides is 1. The van der Waals surface area contributed by atoms with E-state index in [9.17, 15) is 45.3 Å². The topological polar surface area (TPSA) is 273 Å². The van der Waals surface area contributed by atoms with Crippen molar-refractivity contribution < 1.29 is 54.8 Å². The molecule has 5 aliphatic carbocycles. The number of aromatic nitrogens is 2. The van der Waals surface area contributed by atoms with E-state index in [1.54, 1.807) is 12.5 Å². The Balaban J connectivity index is 1.24. The molecule has 0 unspecified atom stereocenters. The van der Waals surface area contributed by atoms with Gasteiger partial charge in [-0.15, -0.1) is 0 Å². The SMILES string of the molecule is CNC[C@H](CN)C[C@@H](c1cnc[nH]1)[C@H]1NC(=O)C[C@@H]1C[C@@H]1[C@@H](O)[C@@H](O[C@@H]2OC[C@@H](O)[C@H](O)[C@H]2O)[C@@](C)(CO)[C@H]2CC[C@]3(C)[C@H](CC=C4[C@@H]5C[C@@](C)(CO)CC[C@]5(C(=O)O)CC[C@]43C)[C@@]12C. The van der Waals surface area contributed by atoms with Gasteiger partial charge >= 0.3 is 5.97 Å². The summed E-state index contributed by atoms with van der Waals surface area (Å²) in [5.74, 6) is -2.15. The Morgan fingerprint density at radius 3 is 2.40 bits per heavy atom. The molecular formula is C49H79N5O11. The molecule has 3 heterocycles. The van der Waals surface area contributed by atoms with Crippen LogP contribution in [0.4, 0.5) is 0 Å². The van der Waals surface area contributed by atoms with Crippen molar-refractivity contribution in [1.82, 2.24) is 20.6 Å². The van der Waals surface area contributed by atoms with Gasteiger partial charge in [-0.1, -0.05) is 46.3 Å². The molecule has 16 heteroatoms. The Hall–Kier alpha value is -2.51. The largest absolute Gasteiger partial charge is 0.481 e. The van der Waals surface area contributed by atoms with Gasteiger partial charge in [0, 0.05) is 42.3 Å². The molecule has 366 valence electrons. The van der Waals surface area contributed by atoms with Crippen molar-refractivity contribution in [3.8, 4) is 0 Å². The summed E-state index contributed by atoms with van der Waals surface area (Å²) in [5, 5.41) is 85.4. The Labute approximate surface area is 383 Å². The van der Waals surface area contributed by atoms with Crippen LogP contribution < -0.4 is 16.4 Å². The summed E-state index contributed by atoms with van der Waals surface area (Å²) in [7, 11) is 1.90. The van der Waals surface area contributed by atoms with E-state index < -0.39 is 70.4 Å². The number of ether oxygens (including phenoxy) is 2. The van der Waals surface area contributed by atoms with Crippen molar-refractivity contribution >= 4 is 11.9 Å². The van der Waals surface area contributed by atoms with Crippen LogP contribution in [0.3, 0.4) is 0 Å². The van der Waals surface area contributed by atoms with Gasteiger partial charge in [0.25, 0.3) is 0 Å². The summed E-state index contributed by atoms with van der Waals surface area (Å²) in [4.78, 5) is 34.9. The van der Waals surface area contributed by atoms with Crippen LogP contribution in [0.15, 0.2) is 24.2 Å². The third kappa shape index (κ3) is 7.58. The van der Waals surface area contributed by atoms with Crippen LogP contribution >= 0.6 is 0 Å². The number of carboxylic acid groups (broad SMARTS) is 1. The fraction of sp³-hybridized carbons (Fsp3) is 0.857. The lowest BCUT2D eigenvalue weighted by Crippen LogP contribution is -2.72. The Morgan fingerprint density at radius 2 is 1.75 bits per heavy atom. The molecule has 12 N–H and O–H groups in total. The molecule has 20 atom stereocenters. The molecule has 6 fully saturated rings. The number of aliphatic hydroxyl groups excluding tert-OH is 6. The number of nitrogens with zero attached hydrogens (tertiary/aromatic N) is 1. The zero-order valence-electron chi connectivity index (χ0n) is 39.4. The Bertz CT molecular complexity index is 1920. The fourth-order valence-corrected chi connectivity index (χ4v) is 16.1. The first-order valence-corrected chi connectivity index (χ1v) is 24.5. The van der Waals surface area contributed by atoms with Gasteiger partial charge in [0.15, 0.2) is 6.29 Å². The average molecular weight is 914 g/mol. The molecule has 4 saturated carbocycles. The summed E-state index contributed by atoms with van der Waals surface area (Å²) in [5.41, 5.74) is 4.61. The minimum atomic E-state index is -1.61. The number of aliphatic carboxylic acids is 1. The van der Waals surface area contributed by atoms with Crippen LogP contribution in [0.5, 0.6) is 0 Å². The first-order valence-electron chi connectivity index (χ1n) is 24.5. The number of aromatic amines is 1. The van der Waals surface area contributed by atoms with Crippen molar-refractivity contribution in [2.75, 3.05) is 40.0 Å². The molecule has 1 aromatic rings. The Morgan fingerprint density at radius 1 is 1.02 bits per heavy atom. The maximum Gasteiger partial charge on any atom is 0.310 e. The third-order valence-corrected chi connectivity index (χ3v) is 20.1. The zero-order chi connectivity index (χ0) is 47.1. The van der Waals surface area contributed by atoms with Gasteiger partial charge in [0.2, 0.25) is 5.91 Å². The maximum atomic E-state index is 13.8. The summed E-state index contributed by atoms with van der Waals surface area (Å²) in [6, 6.07) is -0.325. The molecule has 1 amide bonds. The number of allylic oxidation sites excluding steroid dienone is 2. The van der Waals surface area contributed by atoms with Crippen molar-refractivity contribution in [2.24, 2.45) is 73.7 Å². The number of hydrogen-bond acceptors (Lipinski definition) is 13. The lowest BCUT2D eigenvalue weighted by molar-refractivity contribution is -0.340. The molecule has 7 aliphatic rings. The zero-order valence-corrected chi connectivity index (χ0v) is 39.4. The number of carboxylic acids is 1. The quantitative estimate of drug-likeness (QED) is 0.0946. The van der Waals surface area contributed by atoms with E-state index in [4.69, 9.17) is 15.2 Å². The van der Waals surface area contributed by atoms with Crippen LogP contribution in [0.2, 0.25) is 0 Å². The number of nitrogens with two attached hydrogens (primary N) is 1. The van der Waals surface area contributed by atoms with E-state index in [0.29, 0.717) is 70.9 Å². The maximum absolute atomic E-state index is 13.8. The van der Waals surface area contributed by atoms with Crippen molar-refractivity contribution in [3.63, 3.8) is 0 Å². The minimum absolute atomic E-state index is 0.00300. The number of carbonyl (C=O) groups excluding carboxylic acids is 1. The second-order valence-corrected chi connectivity index (χ2v) is 23.2. The molecule has 65 heavy (non-hydrogen) atoms. The predicted octanol–water partition coefficient (Wildman–Crippen LogP) is 2.42. The smallest absolute Gasteiger partial charge is 0.310 e. The highest BCUT2D eigenvalue weighted by molar-refractivity contribution is 5.79. The van der Waals surface area contributed by atoms with Crippen LogP contribution in [0.1, 0.15) is 117 Å². The van der Waals surface area contributed by atoms with Gasteiger partial charge in [0.1, 0.15) is 18.3 Å². The number of fused-ring (bicyclic) bond motifs is 7. The van der Waals surface area contributed by atoms with Gasteiger partial charge in [-0.3, -0.25) is 9.59 Å². The summed E-state index contributed by atoms with van der Waals surface area (Å²) < 4.78 is 12.5. The van der Waals surface area contributed by atoms with Crippen molar-refractivity contribution in [1.29, 1.82) is 0 Å². The second kappa shape index (κ2) is 17.8. The molecule has 8 rings (SSSR count). The molecule has 1 aromatic heterocycles. The molecule has 0 spiro atoms. The summed E-state index contributed by atoms with van der Waals surface area (Å²) in [6.45, 7) is 11.5. The third-order valence-electron chi connectivity index (χ3n) is 20.1. The Kier molecular flexibility index (Phi) is 13.4. The highest BCUT2D eigenvalue weighted by atomic mass is 16.7. The number of aliphatic hydroxyl groups is 6. The summed E-state index contributed by atoms with van der Waals surface area (Å²) in [6.07, 6.45) is 4.03. The monoisotopic (exact) mass is 914 g/mol. The molecule has 2 aliphatic heterocycles. The van der Waals surface area contributed by atoms with Gasteiger partial charge < -0.3 is 66.6 Å². The van der Waals surface area contributed by atoms with Crippen LogP contribution in [-0.4, -0.2) is 140 Å². The van der Waals surface area contributed by atoms with Crippen LogP contribution in [-0.2, 0) is 19.1 Å². The number of H-pyrrole nitrogens is 1. The number of rotatable bonds is 14. The first kappa shape index (κ1) is 48.9. The normalized spacial score (nSPS) is 48.2. The number of carbonyl (C=O) groups is 2. The van der Waals surface area contributed by atoms with Gasteiger partial charge in [-0.05, 0) is 142 Å². The molecular weight excluding hydrogens is 835 g/mol. The predicted molar refractivity (Wildman–Crippen MR) is 239 cm³/mol. The van der Waals surface area contributed by atoms with Crippen molar-refractivity contribution in [3.05, 3.63) is 29.9 Å². The van der Waals surface area contributed by atoms with Gasteiger partial charge in [-0.2, -0.15) is 0 Å². The first-order chi connectivity index (χ1) is 30.7. The minimum Gasteiger partial charge on any atom is -0.481 e. The lowest BCUT2D eigenvalue weighted by Gasteiger charge is -2.73. The average Bonchev–Trinajstić information content (AvgIpc) is 3.95. The van der Waals surface area contributed by atoms with Crippen LogP contribution in [0, 0.1) is 68.0 Å². The number of imidazole rings is 1. The lowest BCUT2D eigenvalue weighted by atomic mass is 9.31. The van der Waals surface area contributed by atoms with E-state index in [0.717, 1.165) is 12.1 Å². The number of nitrogens with one attached hydrogen (secondary N) is 3. The summed E-state index contributed by atoms with van der Waals surface area (Å²) >= 11 is 0. The van der Waals surface area contributed by atoms with Crippen LogP contribution in [0.25, 0.3) is 0 Å². The number of hydrogen-bond donors (Lipinski definition) is 11. The second-order valence-electron chi connectivity index (χ2n) is 23.2. The standard InChI is InChI=1S/C49H79N5O11/c1-44(23-55)11-13-49(43(62)63)14-12-46(3)29(31(49)18-44)7-8-35-47(46,4)10-9-34-45(2,24-56)41(65-42-40(61)39(60)33(57)22-64-42)38(59)30(48(34,35)5)16-27-17-36(58)54-37(27)28(32-21-52-25-53-32)15-26(19-50)20-51-6/h7,21,25-28,30-31,33-35,37-42,51,55-57,59-61H,8-20,22-24,50H2,1-6H3,(H,52,53)(H,54,58)(H,62,63)/t26-,27-,28-,30+,31-,33+,34+,35-,37-,38+,39-,40+,41+,42-,44-,45-,46+,47+,48-,49-/m0/s1. The van der Waals surface area contributed by atoms with Crippen molar-refractivity contribution in [2.45, 2.75) is 154 Å². The molecule has 0 radical (unpaired) electrons. The van der Waals surface area contributed by atoms with E-state index in [1.165, 1.54) is 5.57 Å². The van der Waals surface area contributed by atoms with E-state index in [1.807, 2.05) is 14.0 Å². The molecule has 0 bridgehead atoms. The fourth-order valence-electron chi connectivity index (χ4n) is 16.1. The highest BCUT2D eigenvalue weighted by Crippen LogP contribution is 2.77. The highest BCUT2D eigenvalue weighted by Gasteiger charge is 2.73. The molecule has 16 nitrogen and oxygen atoms in total. The van der Waals surface area contributed by atoms with E-state index in [-0.39, 0.29) is 84.5 Å².